The molecule has 1 amide bonds. The van der Waals surface area contributed by atoms with Crippen LogP contribution in [0.3, 0.4) is 0 Å². The molecule has 0 bridgehead atoms. The highest BCUT2D eigenvalue weighted by Gasteiger charge is 2.32. The van der Waals surface area contributed by atoms with Gasteiger partial charge in [-0.3, -0.25) is 4.79 Å². The Balaban J connectivity index is 0.000000994. The lowest BCUT2D eigenvalue weighted by Gasteiger charge is -2.19. The third-order valence-electron chi connectivity index (χ3n) is 4.99. The fraction of sp³-hybridized carbons (Fsp3) is 0.300. The molecule has 8 nitrogen and oxygen atoms in total. The van der Waals surface area contributed by atoms with Gasteiger partial charge in [0.1, 0.15) is 5.82 Å². The van der Waals surface area contributed by atoms with Gasteiger partial charge in [-0.2, -0.15) is 5.10 Å². The molecule has 2 aliphatic heterocycles. The van der Waals surface area contributed by atoms with Gasteiger partial charge in [0.05, 0.1) is 23.5 Å². The fourth-order valence-corrected chi connectivity index (χ4v) is 3.69. The summed E-state index contributed by atoms with van der Waals surface area (Å²) in [6, 6.07) is 7.47. The van der Waals surface area contributed by atoms with E-state index < -0.39 is 0 Å². The van der Waals surface area contributed by atoms with E-state index in [1.807, 2.05) is 18.3 Å². The van der Waals surface area contributed by atoms with Crippen molar-refractivity contribution in [3.8, 4) is 5.82 Å². The van der Waals surface area contributed by atoms with Gasteiger partial charge >= 0.3 is 0 Å². The molecule has 0 aromatic carbocycles. The third kappa shape index (κ3) is 3.68. The summed E-state index contributed by atoms with van der Waals surface area (Å²) in [5.41, 5.74) is 6.62. The summed E-state index contributed by atoms with van der Waals surface area (Å²) in [6.07, 6.45) is 7.59. The lowest BCUT2D eigenvalue weighted by Crippen LogP contribution is -2.25. The summed E-state index contributed by atoms with van der Waals surface area (Å²) in [5, 5.41) is 4.98. The maximum Gasteiger partial charge on any atom is 0.279 e. The van der Waals surface area contributed by atoms with Crippen molar-refractivity contribution < 1.29 is 4.79 Å². The Kier molecular flexibility index (Phi) is 5.46. The summed E-state index contributed by atoms with van der Waals surface area (Å²) in [5.74, 6) is 1.48. The van der Waals surface area contributed by atoms with E-state index in [4.69, 9.17) is 11.6 Å². The molecular weight excluding hydrogens is 390 g/mol. The Labute approximate surface area is 173 Å². The lowest BCUT2D eigenvalue weighted by atomic mass is 10.3. The number of rotatable bonds is 3. The number of carbonyl (C=O) groups is 1. The van der Waals surface area contributed by atoms with Crippen LogP contribution >= 0.6 is 11.6 Å². The first-order chi connectivity index (χ1) is 14.2. The Morgan fingerprint density at radius 1 is 1.00 bits per heavy atom. The number of fused-ring (bicyclic) bond motifs is 1. The van der Waals surface area contributed by atoms with Crippen LogP contribution in [-0.2, 0) is 6.54 Å². The highest BCUT2D eigenvalue weighted by atomic mass is 35.5. The van der Waals surface area contributed by atoms with Crippen LogP contribution < -0.4 is 15.5 Å². The number of halogens is 1. The van der Waals surface area contributed by atoms with Gasteiger partial charge in [-0.25, -0.2) is 14.6 Å². The van der Waals surface area contributed by atoms with Crippen molar-refractivity contribution in [3.05, 3.63) is 59.1 Å². The Morgan fingerprint density at radius 2 is 1.72 bits per heavy atom. The van der Waals surface area contributed by atoms with Crippen molar-refractivity contribution in [3.63, 3.8) is 0 Å². The summed E-state index contributed by atoms with van der Waals surface area (Å²) < 4.78 is 1.62. The lowest BCUT2D eigenvalue weighted by molar-refractivity contribution is 0.0991. The maximum atomic E-state index is 12.8. The molecule has 3 aromatic rings. The smallest absolute Gasteiger partial charge is 0.279 e. The molecule has 5 heterocycles. The van der Waals surface area contributed by atoms with Crippen LogP contribution in [0, 0.1) is 0 Å². The van der Waals surface area contributed by atoms with Crippen molar-refractivity contribution in [2.75, 3.05) is 29.9 Å². The van der Waals surface area contributed by atoms with Gasteiger partial charge in [-0.15, -0.1) is 0 Å². The number of nitrogens with two attached hydrogens (primary N) is 1. The minimum absolute atomic E-state index is 0.117. The molecule has 5 rings (SSSR count). The van der Waals surface area contributed by atoms with Gasteiger partial charge in [-0.1, -0.05) is 11.6 Å². The van der Waals surface area contributed by atoms with E-state index in [0.29, 0.717) is 23.1 Å². The summed E-state index contributed by atoms with van der Waals surface area (Å²) >= 11 is 5.87. The van der Waals surface area contributed by atoms with E-state index in [9.17, 15) is 4.79 Å². The normalized spacial score (nSPS) is 15.3. The van der Waals surface area contributed by atoms with E-state index in [-0.39, 0.29) is 5.91 Å². The molecule has 0 atom stereocenters. The molecule has 150 valence electrons. The number of amides is 1. The highest BCUT2D eigenvalue weighted by Crippen LogP contribution is 2.29. The van der Waals surface area contributed by atoms with E-state index in [0.717, 1.165) is 30.2 Å². The van der Waals surface area contributed by atoms with Crippen molar-refractivity contribution in [2.45, 2.75) is 19.4 Å². The second kappa shape index (κ2) is 8.18. The van der Waals surface area contributed by atoms with Crippen LogP contribution in [0.2, 0.25) is 5.02 Å². The predicted molar refractivity (Wildman–Crippen MR) is 113 cm³/mol. The fourth-order valence-electron chi connectivity index (χ4n) is 3.58. The number of aromatic nitrogens is 4. The Morgan fingerprint density at radius 3 is 2.34 bits per heavy atom. The summed E-state index contributed by atoms with van der Waals surface area (Å²) in [7, 11) is 1.50. The first-order valence-corrected chi connectivity index (χ1v) is 9.88. The first-order valence-electron chi connectivity index (χ1n) is 9.50. The molecule has 9 heteroatoms. The van der Waals surface area contributed by atoms with E-state index >= 15 is 0 Å². The van der Waals surface area contributed by atoms with Crippen LogP contribution in [0.25, 0.3) is 5.82 Å². The predicted octanol–water partition coefficient (Wildman–Crippen LogP) is 2.65. The minimum atomic E-state index is -0.117. The van der Waals surface area contributed by atoms with E-state index in [1.54, 1.807) is 34.1 Å². The van der Waals surface area contributed by atoms with Crippen LogP contribution in [0.5, 0.6) is 0 Å². The van der Waals surface area contributed by atoms with Gasteiger partial charge in [-0.05, 0) is 44.2 Å². The minimum Gasteiger partial charge on any atom is -0.357 e. The topological polar surface area (TPSA) is 93.2 Å². The zero-order valence-electron chi connectivity index (χ0n) is 16.1. The molecule has 2 aliphatic rings. The van der Waals surface area contributed by atoms with E-state index in [1.165, 1.54) is 19.9 Å². The Hall–Kier alpha value is -2.97. The van der Waals surface area contributed by atoms with Crippen molar-refractivity contribution in [1.29, 1.82) is 0 Å². The first kappa shape index (κ1) is 19.4. The van der Waals surface area contributed by atoms with Crippen LogP contribution in [0.4, 0.5) is 11.5 Å². The molecule has 0 aliphatic carbocycles. The molecule has 0 saturated carbocycles. The molecule has 1 fully saturated rings. The summed E-state index contributed by atoms with van der Waals surface area (Å²) in [4.78, 5) is 25.6. The second-order valence-corrected chi connectivity index (χ2v) is 7.18. The van der Waals surface area contributed by atoms with Crippen molar-refractivity contribution >= 4 is 29.0 Å². The zero-order valence-corrected chi connectivity index (χ0v) is 16.9. The number of hydrogen-bond acceptors (Lipinski definition) is 6. The monoisotopic (exact) mass is 411 g/mol. The molecule has 0 spiro atoms. The van der Waals surface area contributed by atoms with Crippen LogP contribution in [0.15, 0.2) is 42.9 Å². The van der Waals surface area contributed by atoms with Gasteiger partial charge in [0.15, 0.2) is 11.5 Å². The number of nitrogens with zero attached hydrogens (tertiary/aromatic N) is 6. The Bertz CT molecular complexity index is 995. The van der Waals surface area contributed by atoms with Gasteiger partial charge in [0, 0.05) is 31.0 Å². The quantitative estimate of drug-likeness (QED) is 0.712. The molecule has 0 unspecified atom stereocenters. The molecular formula is C20H22ClN7O. The molecule has 29 heavy (non-hydrogen) atoms. The number of pyridine rings is 2. The average Bonchev–Trinajstić information content (AvgIpc) is 3.49. The summed E-state index contributed by atoms with van der Waals surface area (Å²) in [6.45, 7) is 2.58. The standard InChI is InChI=1S/C19H17ClN6O.CH5N/c20-14-3-5-17(21-9-14)26-12-13-11-25(19(27)18(13)23-26)15-4-6-16(22-10-15)24-7-1-2-8-24;1-2/h3-6,9-10,12H,1-2,7-8,11H2;2H2,1H3. The number of anilines is 2. The van der Waals surface area contributed by atoms with Gasteiger partial charge in [0.2, 0.25) is 0 Å². The number of hydrogen-bond donors (Lipinski definition) is 1. The molecule has 0 radical (unpaired) electrons. The average molecular weight is 412 g/mol. The van der Waals surface area contributed by atoms with Gasteiger partial charge in [0.25, 0.3) is 5.91 Å². The molecule has 2 N–H and O–H groups in total. The highest BCUT2D eigenvalue weighted by molar-refractivity contribution is 6.30. The van der Waals surface area contributed by atoms with E-state index in [2.05, 4.69) is 25.7 Å². The third-order valence-corrected chi connectivity index (χ3v) is 5.21. The zero-order chi connectivity index (χ0) is 20.4. The molecule has 3 aromatic heterocycles. The number of carbonyl (C=O) groups excluding carboxylic acids is 1. The van der Waals surface area contributed by atoms with Crippen LogP contribution in [0.1, 0.15) is 28.9 Å². The largest absolute Gasteiger partial charge is 0.357 e. The van der Waals surface area contributed by atoms with Crippen LogP contribution in [-0.4, -0.2) is 45.8 Å². The van der Waals surface area contributed by atoms with Gasteiger partial charge < -0.3 is 15.5 Å². The van der Waals surface area contributed by atoms with Crippen molar-refractivity contribution in [1.82, 2.24) is 19.7 Å². The SMILES string of the molecule is CN.O=C1c2nn(-c3ccc(Cl)cn3)cc2CN1c1ccc(N2CCCC2)nc1. The van der Waals surface area contributed by atoms with Crippen molar-refractivity contribution in [2.24, 2.45) is 5.73 Å². The molecule has 1 saturated heterocycles. The second-order valence-electron chi connectivity index (χ2n) is 6.74. The maximum absolute atomic E-state index is 12.8.